The Morgan fingerprint density at radius 1 is 1.28 bits per heavy atom. The van der Waals surface area contributed by atoms with Gasteiger partial charge in [0.2, 0.25) is 0 Å². The highest BCUT2D eigenvalue weighted by molar-refractivity contribution is 5.81. The molecule has 0 aliphatic carbocycles. The molecule has 0 atom stereocenters. The van der Waals surface area contributed by atoms with Crippen molar-refractivity contribution in [1.29, 1.82) is 0 Å². The molecule has 1 aromatic rings. The third-order valence-corrected chi connectivity index (χ3v) is 2.97. The van der Waals surface area contributed by atoms with Gasteiger partial charge in [-0.1, -0.05) is 5.16 Å². The Labute approximate surface area is 106 Å². The summed E-state index contributed by atoms with van der Waals surface area (Å²) in [6.45, 7) is 6.16. The number of oxime groups is 1. The van der Waals surface area contributed by atoms with E-state index in [1.807, 2.05) is 32.7 Å². The second-order valence-electron chi connectivity index (χ2n) is 5.19. The maximum Gasteiger partial charge on any atom is 0.132 e. The van der Waals surface area contributed by atoms with E-state index in [-0.39, 0.29) is 23.2 Å². The van der Waals surface area contributed by atoms with Gasteiger partial charge in [0.05, 0.1) is 6.21 Å². The molecule has 0 heterocycles. The predicted octanol–water partition coefficient (Wildman–Crippen LogP) is 3.00. The van der Waals surface area contributed by atoms with Crippen molar-refractivity contribution < 1.29 is 14.0 Å². The normalized spacial score (nSPS) is 12.6. The van der Waals surface area contributed by atoms with Crippen LogP contribution in [0.3, 0.4) is 0 Å². The molecule has 3 nitrogen and oxygen atoms in total. The van der Waals surface area contributed by atoms with Crippen LogP contribution in [0.2, 0.25) is 0 Å². The lowest BCUT2D eigenvalue weighted by Crippen LogP contribution is -2.38. The SMILES string of the molecule is CN(Cc1c(F)ccc(F)c1C=NO)C(C)(C)C. The summed E-state index contributed by atoms with van der Waals surface area (Å²) in [5.74, 6) is -1.12. The molecule has 0 aliphatic heterocycles. The lowest BCUT2D eigenvalue weighted by molar-refractivity contribution is 0.165. The Morgan fingerprint density at radius 2 is 1.83 bits per heavy atom. The molecule has 0 saturated carbocycles. The van der Waals surface area contributed by atoms with E-state index in [2.05, 4.69) is 5.16 Å². The lowest BCUT2D eigenvalue weighted by atomic mass is 10.0. The first-order valence-electron chi connectivity index (χ1n) is 5.63. The van der Waals surface area contributed by atoms with Gasteiger partial charge in [0, 0.05) is 23.2 Å². The van der Waals surface area contributed by atoms with Crippen LogP contribution in [0.5, 0.6) is 0 Å². The number of nitrogens with zero attached hydrogens (tertiary/aromatic N) is 2. The maximum atomic E-state index is 13.8. The van der Waals surface area contributed by atoms with Crippen molar-refractivity contribution in [2.75, 3.05) is 7.05 Å². The fraction of sp³-hybridized carbons (Fsp3) is 0.462. The van der Waals surface area contributed by atoms with Gasteiger partial charge < -0.3 is 5.21 Å². The molecule has 0 radical (unpaired) electrons. The lowest BCUT2D eigenvalue weighted by Gasteiger charge is -2.32. The van der Waals surface area contributed by atoms with Crippen LogP contribution >= 0.6 is 0 Å². The minimum atomic E-state index is -0.605. The molecule has 18 heavy (non-hydrogen) atoms. The summed E-state index contributed by atoms with van der Waals surface area (Å²) in [6.07, 6.45) is 0.921. The van der Waals surface area contributed by atoms with E-state index in [0.29, 0.717) is 0 Å². The summed E-state index contributed by atoms with van der Waals surface area (Å²) in [6, 6.07) is 2.10. The first-order chi connectivity index (χ1) is 8.27. The van der Waals surface area contributed by atoms with Crippen molar-refractivity contribution in [2.45, 2.75) is 32.9 Å². The van der Waals surface area contributed by atoms with Crippen LogP contribution < -0.4 is 0 Å². The molecule has 0 aromatic heterocycles. The van der Waals surface area contributed by atoms with E-state index in [0.717, 1.165) is 18.3 Å². The van der Waals surface area contributed by atoms with Gasteiger partial charge in [-0.25, -0.2) is 8.78 Å². The Kier molecular flexibility index (Phi) is 4.40. The zero-order chi connectivity index (χ0) is 13.9. The van der Waals surface area contributed by atoms with E-state index in [9.17, 15) is 8.78 Å². The third kappa shape index (κ3) is 3.26. The second kappa shape index (κ2) is 5.44. The van der Waals surface area contributed by atoms with Crippen molar-refractivity contribution in [3.05, 3.63) is 34.9 Å². The van der Waals surface area contributed by atoms with Crippen LogP contribution in [0.25, 0.3) is 0 Å². The predicted molar refractivity (Wildman–Crippen MR) is 67.0 cm³/mol. The molecule has 100 valence electrons. The largest absolute Gasteiger partial charge is 0.411 e. The minimum absolute atomic E-state index is 0.0198. The first kappa shape index (κ1) is 14.6. The zero-order valence-electron chi connectivity index (χ0n) is 11.0. The van der Waals surface area contributed by atoms with Gasteiger partial charge in [0.25, 0.3) is 0 Å². The summed E-state index contributed by atoms with van der Waals surface area (Å²) in [4.78, 5) is 1.89. The molecular formula is C13H18F2N2O. The van der Waals surface area contributed by atoms with Crippen molar-refractivity contribution in [1.82, 2.24) is 4.90 Å². The fourth-order valence-corrected chi connectivity index (χ4v) is 1.44. The van der Waals surface area contributed by atoms with E-state index >= 15 is 0 Å². The molecule has 0 fully saturated rings. The van der Waals surface area contributed by atoms with Crippen LogP contribution in [-0.4, -0.2) is 28.9 Å². The van der Waals surface area contributed by atoms with Gasteiger partial charge >= 0.3 is 0 Å². The Balaban J connectivity index is 3.19. The molecule has 1 rings (SSSR count). The summed E-state index contributed by atoms with van der Waals surface area (Å²) in [5.41, 5.74) is -0.00864. The highest BCUT2D eigenvalue weighted by atomic mass is 19.1. The first-order valence-corrected chi connectivity index (χ1v) is 5.63. The molecule has 0 spiro atoms. The molecule has 1 N–H and O–H groups in total. The van der Waals surface area contributed by atoms with Crippen molar-refractivity contribution >= 4 is 6.21 Å². The van der Waals surface area contributed by atoms with E-state index in [1.165, 1.54) is 0 Å². The van der Waals surface area contributed by atoms with Crippen LogP contribution in [0, 0.1) is 11.6 Å². The van der Waals surface area contributed by atoms with Crippen LogP contribution in [0.4, 0.5) is 8.78 Å². The zero-order valence-corrected chi connectivity index (χ0v) is 11.0. The van der Waals surface area contributed by atoms with E-state index in [4.69, 9.17) is 5.21 Å². The van der Waals surface area contributed by atoms with Crippen molar-refractivity contribution in [2.24, 2.45) is 5.16 Å². The molecule has 0 amide bonds. The molecule has 0 saturated heterocycles. The van der Waals surface area contributed by atoms with Crippen molar-refractivity contribution in [3.8, 4) is 0 Å². The van der Waals surface area contributed by atoms with Crippen LogP contribution in [-0.2, 0) is 6.54 Å². The fourth-order valence-electron chi connectivity index (χ4n) is 1.44. The summed E-state index contributed by atoms with van der Waals surface area (Å²) < 4.78 is 27.3. The van der Waals surface area contributed by atoms with Gasteiger partial charge in [-0.3, -0.25) is 4.90 Å². The maximum absolute atomic E-state index is 13.8. The molecule has 0 aliphatic rings. The average molecular weight is 256 g/mol. The van der Waals surface area contributed by atoms with Gasteiger partial charge in [-0.15, -0.1) is 0 Å². The quantitative estimate of drug-likeness (QED) is 0.512. The number of hydrogen-bond donors (Lipinski definition) is 1. The molecule has 1 aromatic carbocycles. The number of rotatable bonds is 3. The Bertz CT molecular complexity index is 453. The minimum Gasteiger partial charge on any atom is -0.411 e. The van der Waals surface area contributed by atoms with Gasteiger partial charge in [0.15, 0.2) is 0 Å². The number of benzene rings is 1. The van der Waals surface area contributed by atoms with Gasteiger partial charge in [-0.05, 0) is 40.0 Å². The Morgan fingerprint density at radius 3 is 2.33 bits per heavy atom. The van der Waals surface area contributed by atoms with Gasteiger partial charge in [0.1, 0.15) is 11.6 Å². The van der Waals surface area contributed by atoms with Crippen LogP contribution in [0.1, 0.15) is 31.9 Å². The number of hydrogen-bond acceptors (Lipinski definition) is 3. The molecule has 0 unspecified atom stereocenters. The third-order valence-electron chi connectivity index (χ3n) is 2.97. The van der Waals surface area contributed by atoms with Crippen molar-refractivity contribution in [3.63, 3.8) is 0 Å². The summed E-state index contributed by atoms with van der Waals surface area (Å²) in [7, 11) is 1.82. The topological polar surface area (TPSA) is 35.8 Å². The van der Waals surface area contributed by atoms with E-state index in [1.54, 1.807) is 0 Å². The van der Waals surface area contributed by atoms with E-state index < -0.39 is 11.6 Å². The van der Waals surface area contributed by atoms with Gasteiger partial charge in [-0.2, -0.15) is 0 Å². The summed E-state index contributed by atoms with van der Waals surface area (Å²) >= 11 is 0. The average Bonchev–Trinajstić information content (AvgIpc) is 2.26. The highest BCUT2D eigenvalue weighted by Gasteiger charge is 2.21. The molecule has 0 bridgehead atoms. The monoisotopic (exact) mass is 256 g/mol. The second-order valence-corrected chi connectivity index (χ2v) is 5.19. The molecular weight excluding hydrogens is 238 g/mol. The Hall–Kier alpha value is -1.49. The highest BCUT2D eigenvalue weighted by Crippen LogP contribution is 2.21. The smallest absolute Gasteiger partial charge is 0.132 e. The number of halogens is 2. The molecule has 5 heteroatoms. The summed E-state index contributed by atoms with van der Waals surface area (Å²) in [5, 5.41) is 11.3. The standard InChI is InChI=1S/C13H18F2N2O/c1-13(2,3)17(4)8-10-9(7-16-18)11(14)5-6-12(10)15/h5-7,18H,8H2,1-4H3. The van der Waals surface area contributed by atoms with Crippen LogP contribution in [0.15, 0.2) is 17.3 Å².